The van der Waals surface area contributed by atoms with Gasteiger partial charge in [-0.25, -0.2) is 0 Å². The largest absolute Gasteiger partial charge is 0.465 e. The van der Waals surface area contributed by atoms with E-state index in [4.69, 9.17) is 9.47 Å². The highest BCUT2D eigenvalue weighted by molar-refractivity contribution is 6.00. The van der Waals surface area contributed by atoms with Crippen LogP contribution in [0, 0.1) is 11.3 Å². The van der Waals surface area contributed by atoms with Gasteiger partial charge < -0.3 is 14.6 Å². The Balaban J connectivity index is 2.49. The van der Waals surface area contributed by atoms with Crippen molar-refractivity contribution in [2.75, 3.05) is 13.2 Å². The van der Waals surface area contributed by atoms with Crippen LogP contribution in [-0.2, 0) is 24.7 Å². The molecule has 0 bridgehead atoms. The van der Waals surface area contributed by atoms with E-state index < -0.39 is 28.9 Å². The molecule has 1 aliphatic rings. The van der Waals surface area contributed by atoms with Gasteiger partial charge in [0.25, 0.3) is 0 Å². The lowest BCUT2D eigenvalue weighted by Gasteiger charge is -2.29. The Morgan fingerprint density at radius 2 is 1.75 bits per heavy atom. The van der Waals surface area contributed by atoms with Gasteiger partial charge in [-0.15, -0.1) is 6.58 Å². The molecule has 0 unspecified atom stereocenters. The minimum absolute atomic E-state index is 0.0850. The fraction of sp³-hybridized carbons (Fsp3) is 0.474. The second kappa shape index (κ2) is 7.18. The maximum Gasteiger partial charge on any atom is 0.323 e. The van der Waals surface area contributed by atoms with Gasteiger partial charge in [-0.2, -0.15) is 0 Å². The van der Waals surface area contributed by atoms with Crippen LogP contribution in [0.3, 0.4) is 0 Å². The van der Waals surface area contributed by atoms with Crippen molar-refractivity contribution in [3.8, 4) is 0 Å². The molecule has 0 spiro atoms. The number of rotatable bonds is 6. The molecule has 1 N–H and O–H groups in total. The van der Waals surface area contributed by atoms with Crippen LogP contribution in [0.1, 0.15) is 32.3 Å². The van der Waals surface area contributed by atoms with E-state index in [0.717, 1.165) is 0 Å². The van der Waals surface area contributed by atoms with Crippen LogP contribution in [0.15, 0.2) is 43.0 Å². The zero-order valence-electron chi connectivity index (χ0n) is 14.2. The van der Waals surface area contributed by atoms with Crippen LogP contribution >= 0.6 is 0 Å². The van der Waals surface area contributed by atoms with E-state index in [2.05, 4.69) is 6.58 Å². The Kier molecular flexibility index (Phi) is 5.44. The van der Waals surface area contributed by atoms with E-state index in [0.29, 0.717) is 5.56 Å². The SMILES string of the molecule is C=C[C@H]1CC(C(=O)OCC)(C(=O)OCC)C[C@]1(O)c1ccccc1. The average molecular weight is 332 g/mol. The molecule has 2 rings (SSSR count). The predicted molar refractivity (Wildman–Crippen MR) is 89.0 cm³/mol. The molecule has 0 radical (unpaired) electrons. The third kappa shape index (κ3) is 2.96. The number of ether oxygens (including phenoxy) is 2. The van der Waals surface area contributed by atoms with Crippen molar-refractivity contribution in [3.63, 3.8) is 0 Å². The summed E-state index contributed by atoms with van der Waals surface area (Å²) < 4.78 is 10.3. The Bertz CT molecular complexity index is 591. The van der Waals surface area contributed by atoms with Crippen molar-refractivity contribution < 1.29 is 24.2 Å². The fourth-order valence-electron chi connectivity index (χ4n) is 3.46. The quantitative estimate of drug-likeness (QED) is 0.492. The molecule has 1 aliphatic carbocycles. The molecule has 1 fully saturated rings. The van der Waals surface area contributed by atoms with Gasteiger partial charge in [0, 0.05) is 12.3 Å². The number of aliphatic hydroxyl groups is 1. The Hall–Kier alpha value is -2.14. The molecule has 5 heteroatoms. The predicted octanol–water partition coefficient (Wildman–Crippen LogP) is 2.58. The Morgan fingerprint density at radius 3 is 2.21 bits per heavy atom. The number of hydrogen-bond donors (Lipinski definition) is 1. The highest BCUT2D eigenvalue weighted by Crippen LogP contribution is 2.54. The van der Waals surface area contributed by atoms with Gasteiger partial charge in [-0.1, -0.05) is 36.4 Å². The van der Waals surface area contributed by atoms with Crippen molar-refractivity contribution >= 4 is 11.9 Å². The lowest BCUT2D eigenvalue weighted by molar-refractivity contribution is -0.173. The van der Waals surface area contributed by atoms with E-state index in [9.17, 15) is 14.7 Å². The highest BCUT2D eigenvalue weighted by Gasteiger charge is 2.63. The zero-order chi connectivity index (χ0) is 17.8. The van der Waals surface area contributed by atoms with Crippen molar-refractivity contribution in [3.05, 3.63) is 48.6 Å². The number of carbonyl (C=O) groups excluding carboxylic acids is 2. The second-order valence-electron chi connectivity index (χ2n) is 6.04. The molecular weight excluding hydrogens is 308 g/mol. The van der Waals surface area contributed by atoms with Crippen LogP contribution in [-0.4, -0.2) is 30.3 Å². The molecule has 0 heterocycles. The second-order valence-corrected chi connectivity index (χ2v) is 6.04. The molecular formula is C19H24O5. The summed E-state index contributed by atoms with van der Waals surface area (Å²) in [6, 6.07) is 9.02. The summed E-state index contributed by atoms with van der Waals surface area (Å²) in [4.78, 5) is 25.2. The lowest BCUT2D eigenvalue weighted by atomic mass is 9.81. The maximum atomic E-state index is 12.6. The molecule has 24 heavy (non-hydrogen) atoms. The number of benzene rings is 1. The Morgan fingerprint density at radius 1 is 1.21 bits per heavy atom. The number of carbonyl (C=O) groups is 2. The van der Waals surface area contributed by atoms with E-state index >= 15 is 0 Å². The van der Waals surface area contributed by atoms with Gasteiger partial charge in [0.05, 0.1) is 18.8 Å². The summed E-state index contributed by atoms with van der Waals surface area (Å²) >= 11 is 0. The van der Waals surface area contributed by atoms with Crippen LogP contribution in [0.4, 0.5) is 0 Å². The van der Waals surface area contributed by atoms with E-state index in [1.54, 1.807) is 32.1 Å². The van der Waals surface area contributed by atoms with E-state index in [-0.39, 0.29) is 26.1 Å². The third-order valence-electron chi connectivity index (χ3n) is 4.64. The molecule has 2 atom stereocenters. The van der Waals surface area contributed by atoms with Crippen molar-refractivity contribution in [1.29, 1.82) is 0 Å². The topological polar surface area (TPSA) is 72.8 Å². The average Bonchev–Trinajstić information content (AvgIpc) is 2.91. The number of hydrogen-bond acceptors (Lipinski definition) is 5. The first-order valence-electron chi connectivity index (χ1n) is 8.19. The van der Waals surface area contributed by atoms with Crippen LogP contribution in [0.5, 0.6) is 0 Å². The molecule has 1 saturated carbocycles. The summed E-state index contributed by atoms with van der Waals surface area (Å²) in [7, 11) is 0. The standard InChI is InChI=1S/C19H24O5/c1-4-14-12-18(16(20)23-5-2,17(21)24-6-3)13-19(14,22)15-10-8-7-9-11-15/h4,7-11,14,22H,1,5-6,12-13H2,2-3H3/t14-,19+/m0/s1. The van der Waals surface area contributed by atoms with Crippen LogP contribution in [0.2, 0.25) is 0 Å². The minimum atomic E-state index is -1.52. The van der Waals surface area contributed by atoms with E-state index in [1.165, 1.54) is 0 Å². The molecule has 5 nitrogen and oxygen atoms in total. The normalized spacial score (nSPS) is 25.0. The van der Waals surface area contributed by atoms with Crippen LogP contribution < -0.4 is 0 Å². The lowest BCUT2D eigenvalue weighted by Crippen LogP contribution is -2.41. The molecule has 0 amide bonds. The molecule has 1 aromatic carbocycles. The molecule has 130 valence electrons. The summed E-state index contributed by atoms with van der Waals surface area (Å²) in [6.07, 6.45) is 1.62. The van der Waals surface area contributed by atoms with Gasteiger partial charge >= 0.3 is 11.9 Å². The first-order valence-corrected chi connectivity index (χ1v) is 8.19. The monoisotopic (exact) mass is 332 g/mol. The summed E-state index contributed by atoms with van der Waals surface area (Å²) in [6.45, 7) is 7.45. The van der Waals surface area contributed by atoms with Crippen LogP contribution in [0.25, 0.3) is 0 Å². The minimum Gasteiger partial charge on any atom is -0.465 e. The van der Waals surface area contributed by atoms with Gasteiger partial charge in [-0.3, -0.25) is 9.59 Å². The molecule has 0 aliphatic heterocycles. The van der Waals surface area contributed by atoms with Crippen molar-refractivity contribution in [1.82, 2.24) is 0 Å². The Labute approximate surface area is 142 Å². The van der Waals surface area contributed by atoms with Gasteiger partial charge in [-0.05, 0) is 25.8 Å². The molecule has 1 aromatic rings. The van der Waals surface area contributed by atoms with E-state index in [1.807, 2.05) is 18.2 Å². The summed E-state index contributed by atoms with van der Waals surface area (Å²) in [5.74, 6) is -1.77. The fourth-order valence-corrected chi connectivity index (χ4v) is 3.46. The van der Waals surface area contributed by atoms with Gasteiger partial charge in [0.15, 0.2) is 5.41 Å². The van der Waals surface area contributed by atoms with Gasteiger partial charge in [0.1, 0.15) is 0 Å². The first kappa shape index (κ1) is 18.2. The highest BCUT2D eigenvalue weighted by atomic mass is 16.6. The summed E-state index contributed by atoms with van der Waals surface area (Å²) in [5, 5.41) is 11.3. The van der Waals surface area contributed by atoms with Crippen molar-refractivity contribution in [2.24, 2.45) is 11.3 Å². The third-order valence-corrected chi connectivity index (χ3v) is 4.64. The first-order chi connectivity index (χ1) is 11.4. The molecule has 0 saturated heterocycles. The van der Waals surface area contributed by atoms with Crippen molar-refractivity contribution in [2.45, 2.75) is 32.3 Å². The number of esters is 2. The molecule has 0 aromatic heterocycles. The van der Waals surface area contributed by atoms with Gasteiger partial charge in [0.2, 0.25) is 0 Å². The smallest absolute Gasteiger partial charge is 0.323 e. The summed E-state index contributed by atoms with van der Waals surface area (Å²) in [5.41, 5.74) is -2.25. The zero-order valence-corrected chi connectivity index (χ0v) is 14.2. The maximum absolute atomic E-state index is 12.6.